The first-order valence-electron chi connectivity index (χ1n) is 9.19. The van der Waals surface area contributed by atoms with Crippen molar-refractivity contribution in [1.29, 1.82) is 0 Å². The first-order chi connectivity index (χ1) is 14.3. The third kappa shape index (κ3) is 6.56. The van der Waals surface area contributed by atoms with E-state index in [-0.39, 0.29) is 11.5 Å². The Kier molecular flexibility index (Phi) is 8.30. The van der Waals surface area contributed by atoms with Crippen molar-refractivity contribution in [2.45, 2.75) is 20.8 Å². The Hall–Kier alpha value is -3.46. The topological polar surface area (TPSA) is 114 Å². The summed E-state index contributed by atoms with van der Waals surface area (Å²) in [6, 6.07) is 8.46. The predicted octanol–water partition coefficient (Wildman–Crippen LogP) is 3.32. The number of ether oxygens (including phenoxy) is 1. The smallest absolute Gasteiger partial charge is 0.342 e. The van der Waals surface area contributed by atoms with E-state index in [1.54, 1.807) is 26.2 Å². The van der Waals surface area contributed by atoms with Crippen LogP contribution in [-0.2, 0) is 14.3 Å². The average Bonchev–Trinajstić information content (AvgIpc) is 3.09. The van der Waals surface area contributed by atoms with Crippen molar-refractivity contribution in [3.05, 3.63) is 52.9 Å². The lowest BCUT2D eigenvalue weighted by molar-refractivity contribution is -0.123. The molecule has 0 saturated carbocycles. The maximum absolute atomic E-state index is 12.8. The summed E-state index contributed by atoms with van der Waals surface area (Å²) in [5.41, 5.74) is 2.28. The van der Waals surface area contributed by atoms with Crippen molar-refractivity contribution in [1.82, 2.24) is 10.6 Å². The molecule has 0 aliphatic rings. The van der Waals surface area contributed by atoms with Gasteiger partial charge < -0.3 is 15.4 Å². The van der Waals surface area contributed by atoms with Gasteiger partial charge in [-0.15, -0.1) is 11.3 Å². The molecule has 0 saturated heterocycles. The molecule has 0 aliphatic heterocycles. The van der Waals surface area contributed by atoms with Crippen molar-refractivity contribution in [2.24, 2.45) is 0 Å². The Morgan fingerprint density at radius 2 is 1.80 bits per heavy atom. The van der Waals surface area contributed by atoms with Crippen LogP contribution >= 0.6 is 11.3 Å². The lowest BCUT2D eigenvalue weighted by atomic mass is 10.0. The maximum atomic E-state index is 12.8. The molecule has 158 valence electrons. The number of nitrogens with one attached hydrogen (secondary N) is 3. The Morgan fingerprint density at radius 1 is 1.10 bits per heavy atom. The quantitative estimate of drug-likeness (QED) is 0.462. The average molecular weight is 429 g/mol. The standard InChI is InChI=1S/C21H23N3O5S/c1-4-22-21(28)24-17(26)11-29-20(27)18-15(14-8-6-5-7-9-14)12-30-19(18)23-16(25)10-13(2)3/h5-10,12H,4,11H2,1-3H3,(H,23,25)(H2,22,24,26,28). The fraction of sp³-hybridized carbons (Fsp3) is 0.238. The summed E-state index contributed by atoms with van der Waals surface area (Å²) >= 11 is 1.18. The van der Waals surface area contributed by atoms with E-state index in [1.165, 1.54) is 17.4 Å². The number of carbonyl (C=O) groups excluding carboxylic acids is 4. The highest BCUT2D eigenvalue weighted by molar-refractivity contribution is 7.15. The lowest BCUT2D eigenvalue weighted by Gasteiger charge is -2.09. The molecular weight excluding hydrogens is 406 g/mol. The number of imide groups is 1. The highest BCUT2D eigenvalue weighted by atomic mass is 32.1. The van der Waals surface area contributed by atoms with Gasteiger partial charge in [-0.1, -0.05) is 35.9 Å². The fourth-order valence-electron chi connectivity index (χ4n) is 2.46. The van der Waals surface area contributed by atoms with Gasteiger partial charge in [0, 0.05) is 23.6 Å². The van der Waals surface area contributed by atoms with Crippen LogP contribution in [0.2, 0.25) is 0 Å². The zero-order chi connectivity index (χ0) is 22.1. The fourth-order valence-corrected chi connectivity index (χ4v) is 3.42. The number of amides is 4. The molecule has 30 heavy (non-hydrogen) atoms. The van der Waals surface area contributed by atoms with Gasteiger partial charge in [-0.05, 0) is 26.3 Å². The zero-order valence-electron chi connectivity index (χ0n) is 16.9. The molecule has 1 heterocycles. The second-order valence-corrected chi connectivity index (χ2v) is 7.29. The summed E-state index contributed by atoms with van der Waals surface area (Å²) in [4.78, 5) is 48.1. The van der Waals surface area contributed by atoms with E-state index in [0.717, 1.165) is 11.1 Å². The first-order valence-corrected chi connectivity index (χ1v) is 10.1. The van der Waals surface area contributed by atoms with E-state index in [1.807, 2.05) is 30.3 Å². The zero-order valence-corrected chi connectivity index (χ0v) is 17.7. The predicted molar refractivity (Wildman–Crippen MR) is 115 cm³/mol. The Balaban J connectivity index is 2.24. The molecule has 0 spiro atoms. The van der Waals surface area contributed by atoms with Gasteiger partial charge in [-0.2, -0.15) is 0 Å². The minimum absolute atomic E-state index is 0.146. The van der Waals surface area contributed by atoms with E-state index in [4.69, 9.17) is 4.74 Å². The summed E-state index contributed by atoms with van der Waals surface area (Å²) in [7, 11) is 0. The molecule has 9 heteroatoms. The van der Waals surface area contributed by atoms with Gasteiger partial charge in [0.15, 0.2) is 6.61 Å². The van der Waals surface area contributed by atoms with Crippen molar-refractivity contribution >= 4 is 40.2 Å². The lowest BCUT2D eigenvalue weighted by Crippen LogP contribution is -2.41. The SMILES string of the molecule is CCNC(=O)NC(=O)COC(=O)c1c(-c2ccccc2)csc1NC(=O)C=C(C)C. The monoisotopic (exact) mass is 429 g/mol. The molecule has 3 N–H and O–H groups in total. The van der Waals surface area contributed by atoms with Gasteiger partial charge >= 0.3 is 12.0 Å². The summed E-state index contributed by atoms with van der Waals surface area (Å²) < 4.78 is 5.10. The van der Waals surface area contributed by atoms with Crippen LogP contribution in [0.15, 0.2) is 47.4 Å². The molecule has 0 aliphatic carbocycles. The number of allylic oxidation sites excluding steroid dienone is 1. The number of carbonyl (C=O) groups is 4. The molecule has 0 atom stereocenters. The first kappa shape index (κ1) is 22.8. The number of hydrogen-bond donors (Lipinski definition) is 3. The van der Waals surface area contributed by atoms with Crippen LogP contribution in [0.5, 0.6) is 0 Å². The number of urea groups is 1. The molecule has 1 aromatic heterocycles. The van der Waals surface area contributed by atoms with E-state index in [9.17, 15) is 19.2 Å². The summed E-state index contributed by atoms with van der Waals surface area (Å²) in [5.74, 6) is -1.92. The van der Waals surface area contributed by atoms with Gasteiger partial charge in [0.1, 0.15) is 10.6 Å². The van der Waals surface area contributed by atoms with Gasteiger partial charge in [0.05, 0.1) is 0 Å². The molecule has 2 rings (SSSR count). The molecule has 0 fully saturated rings. The normalized spacial score (nSPS) is 9.97. The number of esters is 1. The molecule has 8 nitrogen and oxygen atoms in total. The Bertz CT molecular complexity index is 962. The second kappa shape index (κ2) is 10.9. The van der Waals surface area contributed by atoms with Crippen LogP contribution < -0.4 is 16.0 Å². The molecule has 4 amide bonds. The van der Waals surface area contributed by atoms with Crippen LogP contribution in [0.3, 0.4) is 0 Å². The second-order valence-electron chi connectivity index (χ2n) is 6.41. The van der Waals surface area contributed by atoms with Crippen molar-refractivity contribution in [3.8, 4) is 11.1 Å². The van der Waals surface area contributed by atoms with E-state index >= 15 is 0 Å². The molecule has 1 aromatic carbocycles. The van der Waals surface area contributed by atoms with Gasteiger partial charge in [0.25, 0.3) is 5.91 Å². The van der Waals surface area contributed by atoms with Crippen LogP contribution in [-0.4, -0.2) is 37.0 Å². The third-order valence-electron chi connectivity index (χ3n) is 3.66. The number of rotatable bonds is 7. The summed E-state index contributed by atoms with van der Waals surface area (Å²) in [5, 5.41) is 9.19. The van der Waals surface area contributed by atoms with Crippen LogP contribution in [0.4, 0.5) is 9.80 Å². The summed E-state index contributed by atoms with van der Waals surface area (Å²) in [6.07, 6.45) is 1.41. The van der Waals surface area contributed by atoms with Gasteiger partial charge in [0.2, 0.25) is 5.91 Å². The van der Waals surface area contributed by atoms with Crippen LogP contribution in [0.25, 0.3) is 11.1 Å². The molecule has 2 aromatic rings. The maximum Gasteiger partial charge on any atom is 0.342 e. The van der Waals surface area contributed by atoms with Crippen molar-refractivity contribution in [2.75, 3.05) is 18.5 Å². The minimum Gasteiger partial charge on any atom is -0.452 e. The molecule has 0 unspecified atom stereocenters. The van der Waals surface area contributed by atoms with Crippen LogP contribution in [0, 0.1) is 0 Å². The molecule has 0 bridgehead atoms. The largest absolute Gasteiger partial charge is 0.452 e. The van der Waals surface area contributed by atoms with Crippen molar-refractivity contribution < 1.29 is 23.9 Å². The number of benzene rings is 1. The van der Waals surface area contributed by atoms with E-state index < -0.39 is 24.5 Å². The molecule has 0 radical (unpaired) electrons. The highest BCUT2D eigenvalue weighted by Crippen LogP contribution is 2.36. The number of thiophene rings is 1. The third-order valence-corrected chi connectivity index (χ3v) is 4.56. The van der Waals surface area contributed by atoms with Crippen molar-refractivity contribution in [3.63, 3.8) is 0 Å². The number of anilines is 1. The van der Waals surface area contributed by atoms with Crippen LogP contribution in [0.1, 0.15) is 31.1 Å². The Labute approximate surface area is 178 Å². The van der Waals surface area contributed by atoms with E-state index in [0.29, 0.717) is 17.1 Å². The molecular formula is C21H23N3O5S. The summed E-state index contributed by atoms with van der Waals surface area (Å²) in [6.45, 7) is 4.99. The Morgan fingerprint density at radius 3 is 2.43 bits per heavy atom. The number of hydrogen-bond acceptors (Lipinski definition) is 6. The van der Waals surface area contributed by atoms with E-state index in [2.05, 4.69) is 16.0 Å². The van der Waals surface area contributed by atoms with Gasteiger partial charge in [-0.25, -0.2) is 9.59 Å². The minimum atomic E-state index is -0.784. The highest BCUT2D eigenvalue weighted by Gasteiger charge is 2.23. The van der Waals surface area contributed by atoms with Gasteiger partial charge in [-0.3, -0.25) is 14.9 Å².